The summed E-state index contributed by atoms with van der Waals surface area (Å²) in [4.78, 5) is 15.6. The molecule has 2 heterocycles. The largest absolute Gasteiger partial charge is 0.490 e. The predicted molar refractivity (Wildman–Crippen MR) is 123 cm³/mol. The molecule has 3 rings (SSSR count). The molecule has 1 unspecified atom stereocenters. The highest BCUT2D eigenvalue weighted by Gasteiger charge is 2.16. The van der Waals surface area contributed by atoms with Gasteiger partial charge in [0.1, 0.15) is 25.1 Å². The third-order valence-electron chi connectivity index (χ3n) is 4.99. The lowest BCUT2D eigenvalue weighted by molar-refractivity contribution is -0.124. The highest BCUT2D eigenvalue weighted by atomic mass is 16.5. The van der Waals surface area contributed by atoms with Crippen molar-refractivity contribution in [3.8, 4) is 28.7 Å². The molecule has 0 bridgehead atoms. The van der Waals surface area contributed by atoms with Crippen LogP contribution in [0.25, 0.3) is 22.9 Å². The molecule has 176 valence electrons. The van der Waals surface area contributed by atoms with Gasteiger partial charge in [0.15, 0.2) is 0 Å². The number of ether oxygens (including phenoxy) is 1. The Morgan fingerprint density at radius 1 is 1.09 bits per heavy atom. The predicted octanol–water partition coefficient (Wildman–Crippen LogP) is 2.52. The van der Waals surface area contributed by atoms with Gasteiger partial charge in [-0.3, -0.25) is 9.78 Å². The molecule has 9 heteroatoms. The fourth-order valence-corrected chi connectivity index (χ4v) is 3.53. The minimum absolute atomic E-state index is 0.00106. The number of hydrogen-bond donors (Lipinski definition) is 3. The van der Waals surface area contributed by atoms with Crippen molar-refractivity contribution in [2.75, 3.05) is 19.8 Å². The first-order valence-electron chi connectivity index (χ1n) is 10.9. The van der Waals surface area contributed by atoms with E-state index in [9.17, 15) is 9.90 Å². The Balaban J connectivity index is 1.74. The Kier molecular flexibility index (Phi) is 8.13. The van der Waals surface area contributed by atoms with Gasteiger partial charge in [-0.2, -0.15) is 0 Å². The van der Waals surface area contributed by atoms with Gasteiger partial charge in [-0.1, -0.05) is 13.3 Å². The number of aliphatic hydroxyl groups is 2. The molecule has 9 nitrogen and oxygen atoms in total. The molecule has 0 radical (unpaired) electrons. The van der Waals surface area contributed by atoms with E-state index in [1.54, 1.807) is 0 Å². The number of hydrogen-bond acceptors (Lipinski definition) is 8. The first kappa shape index (κ1) is 24.3. The van der Waals surface area contributed by atoms with Gasteiger partial charge < -0.3 is 24.7 Å². The number of amides is 1. The van der Waals surface area contributed by atoms with Gasteiger partial charge in [0.25, 0.3) is 0 Å². The zero-order valence-electron chi connectivity index (χ0n) is 19.4. The number of aliphatic hydroxyl groups excluding tert-OH is 2. The summed E-state index contributed by atoms with van der Waals surface area (Å²) in [7, 11) is 0. The van der Waals surface area contributed by atoms with Gasteiger partial charge in [-0.15, -0.1) is 10.2 Å². The summed E-state index contributed by atoms with van der Waals surface area (Å²) in [5.74, 6) is 0.936. The number of benzene rings is 1. The average molecular weight is 455 g/mol. The fourth-order valence-electron chi connectivity index (χ4n) is 3.53. The van der Waals surface area contributed by atoms with Crippen molar-refractivity contribution in [1.29, 1.82) is 0 Å². The first-order chi connectivity index (χ1) is 15.8. The monoisotopic (exact) mass is 454 g/mol. The summed E-state index contributed by atoms with van der Waals surface area (Å²) in [6.45, 7) is 7.23. The molecule has 33 heavy (non-hydrogen) atoms. The number of aryl methyl sites for hydroxylation is 4. The Morgan fingerprint density at radius 3 is 2.33 bits per heavy atom. The SMILES string of the molecule is CCCc1cc(-c2nnc(-c3cc(C)c(OCC(O)CNC(=O)CO)c(C)c3)o2)cc(C)n1. The molecule has 3 aromatic rings. The molecule has 1 atom stereocenters. The van der Waals surface area contributed by atoms with E-state index in [4.69, 9.17) is 14.3 Å². The van der Waals surface area contributed by atoms with Crippen molar-refractivity contribution in [2.24, 2.45) is 0 Å². The van der Waals surface area contributed by atoms with Crippen molar-refractivity contribution in [3.63, 3.8) is 0 Å². The Morgan fingerprint density at radius 2 is 1.73 bits per heavy atom. The van der Waals surface area contributed by atoms with Crippen molar-refractivity contribution < 1.29 is 24.2 Å². The molecule has 0 aliphatic carbocycles. The van der Waals surface area contributed by atoms with Crippen LogP contribution < -0.4 is 10.1 Å². The molecule has 0 spiro atoms. The summed E-state index contributed by atoms with van der Waals surface area (Å²) in [6.07, 6.45) is 0.989. The molecule has 1 amide bonds. The van der Waals surface area contributed by atoms with Crippen LogP contribution in [0.2, 0.25) is 0 Å². The molecular weight excluding hydrogens is 424 g/mol. The van der Waals surface area contributed by atoms with Crippen LogP contribution in [0, 0.1) is 20.8 Å². The highest BCUT2D eigenvalue weighted by Crippen LogP contribution is 2.31. The molecule has 3 N–H and O–H groups in total. The third kappa shape index (κ3) is 6.36. The van der Waals surface area contributed by atoms with E-state index in [0.717, 1.165) is 46.5 Å². The number of nitrogens with one attached hydrogen (secondary N) is 1. The van der Waals surface area contributed by atoms with Crippen LogP contribution in [0.15, 0.2) is 28.7 Å². The molecular formula is C24H30N4O5. The lowest BCUT2D eigenvalue weighted by Gasteiger charge is -2.16. The van der Waals surface area contributed by atoms with Crippen LogP contribution in [0.1, 0.15) is 35.9 Å². The van der Waals surface area contributed by atoms with Gasteiger partial charge in [-0.05, 0) is 62.6 Å². The second-order valence-electron chi connectivity index (χ2n) is 8.02. The molecule has 0 saturated heterocycles. The third-order valence-corrected chi connectivity index (χ3v) is 4.99. The number of carbonyl (C=O) groups is 1. The Hall–Kier alpha value is -3.30. The topological polar surface area (TPSA) is 131 Å². The van der Waals surface area contributed by atoms with Crippen molar-refractivity contribution >= 4 is 5.91 Å². The van der Waals surface area contributed by atoms with Crippen molar-refractivity contribution in [3.05, 3.63) is 46.8 Å². The smallest absolute Gasteiger partial charge is 0.248 e. The first-order valence-corrected chi connectivity index (χ1v) is 10.9. The number of carbonyl (C=O) groups excluding carboxylic acids is 1. The molecule has 1 aromatic carbocycles. The van der Waals surface area contributed by atoms with Crippen LogP contribution in [-0.4, -0.2) is 57.2 Å². The van der Waals surface area contributed by atoms with E-state index in [-0.39, 0.29) is 13.2 Å². The number of rotatable bonds is 10. The second kappa shape index (κ2) is 11.0. The van der Waals surface area contributed by atoms with Gasteiger partial charge >= 0.3 is 0 Å². The van der Waals surface area contributed by atoms with E-state index in [1.165, 1.54) is 0 Å². The van der Waals surface area contributed by atoms with E-state index in [0.29, 0.717) is 17.5 Å². The standard InChI is InChI=1S/C24H30N4O5/c1-5-6-19-10-18(9-16(4)26-19)24-28-27-23(33-24)17-7-14(2)22(15(3)8-17)32-13-20(30)11-25-21(31)12-29/h7-10,20,29-30H,5-6,11-13H2,1-4H3,(H,25,31). The minimum Gasteiger partial charge on any atom is -0.490 e. The van der Waals surface area contributed by atoms with Crippen LogP contribution in [-0.2, 0) is 11.2 Å². The van der Waals surface area contributed by atoms with E-state index in [2.05, 4.69) is 27.4 Å². The van der Waals surface area contributed by atoms with Gasteiger partial charge in [0.2, 0.25) is 17.7 Å². The van der Waals surface area contributed by atoms with Gasteiger partial charge in [0, 0.05) is 29.1 Å². The summed E-state index contributed by atoms with van der Waals surface area (Å²) < 4.78 is 11.7. The lowest BCUT2D eigenvalue weighted by atomic mass is 10.1. The highest BCUT2D eigenvalue weighted by molar-refractivity contribution is 5.76. The second-order valence-corrected chi connectivity index (χ2v) is 8.02. The van der Waals surface area contributed by atoms with E-state index < -0.39 is 18.6 Å². The zero-order chi connectivity index (χ0) is 24.0. The average Bonchev–Trinajstić information content (AvgIpc) is 3.27. The van der Waals surface area contributed by atoms with Gasteiger partial charge in [0.05, 0.1) is 0 Å². The van der Waals surface area contributed by atoms with Crippen LogP contribution in [0.3, 0.4) is 0 Å². The van der Waals surface area contributed by atoms with Crippen LogP contribution in [0.5, 0.6) is 5.75 Å². The normalized spacial score (nSPS) is 11.9. The molecule has 2 aromatic heterocycles. The molecule has 0 aliphatic rings. The van der Waals surface area contributed by atoms with Crippen molar-refractivity contribution in [1.82, 2.24) is 20.5 Å². The molecule has 0 aliphatic heterocycles. The molecule has 0 saturated carbocycles. The van der Waals surface area contributed by atoms with E-state index in [1.807, 2.05) is 45.0 Å². The maximum Gasteiger partial charge on any atom is 0.248 e. The summed E-state index contributed by atoms with van der Waals surface area (Å²) >= 11 is 0. The number of nitrogens with zero attached hydrogens (tertiary/aromatic N) is 3. The number of pyridine rings is 1. The quantitative estimate of drug-likeness (QED) is 0.426. The Labute approximate surface area is 192 Å². The molecule has 0 fully saturated rings. The van der Waals surface area contributed by atoms with Crippen molar-refractivity contribution in [2.45, 2.75) is 46.6 Å². The van der Waals surface area contributed by atoms with E-state index >= 15 is 0 Å². The zero-order valence-corrected chi connectivity index (χ0v) is 19.4. The van der Waals surface area contributed by atoms with Crippen LogP contribution in [0.4, 0.5) is 0 Å². The van der Waals surface area contributed by atoms with Gasteiger partial charge in [-0.25, -0.2) is 0 Å². The maximum absolute atomic E-state index is 11.1. The number of aromatic nitrogens is 3. The summed E-state index contributed by atoms with van der Waals surface area (Å²) in [5, 5.41) is 29.6. The van der Waals surface area contributed by atoms with Crippen LogP contribution >= 0.6 is 0 Å². The maximum atomic E-state index is 11.1. The fraction of sp³-hybridized carbons (Fsp3) is 0.417. The Bertz CT molecular complexity index is 1090. The minimum atomic E-state index is -0.904. The summed E-state index contributed by atoms with van der Waals surface area (Å²) in [5.41, 5.74) is 5.22. The summed E-state index contributed by atoms with van der Waals surface area (Å²) in [6, 6.07) is 7.69. The lowest BCUT2D eigenvalue weighted by Crippen LogP contribution is -2.36.